The van der Waals surface area contributed by atoms with Crippen LogP contribution in [0.25, 0.3) is 0 Å². The fourth-order valence-electron chi connectivity index (χ4n) is 2.83. The zero-order chi connectivity index (χ0) is 17.2. The van der Waals surface area contributed by atoms with Gasteiger partial charge in [0.2, 0.25) is 0 Å². The predicted octanol–water partition coefficient (Wildman–Crippen LogP) is 1.85. The average molecular weight is 347 g/mol. The van der Waals surface area contributed by atoms with Gasteiger partial charge in [0, 0.05) is 12.2 Å². The summed E-state index contributed by atoms with van der Waals surface area (Å²) in [5.41, 5.74) is 1.99. The topological polar surface area (TPSA) is 87.1 Å². The van der Waals surface area contributed by atoms with Crippen LogP contribution in [0, 0.1) is 0 Å². The van der Waals surface area contributed by atoms with Crippen molar-refractivity contribution in [2.75, 3.05) is 18.1 Å². The van der Waals surface area contributed by atoms with Gasteiger partial charge in [-0.3, -0.25) is 9.36 Å². The number of fused-ring (bicyclic) bond motifs is 1. The molecule has 2 N–H and O–H groups in total. The Hall–Kier alpha value is -2.14. The Kier molecular flexibility index (Phi) is 4.71. The monoisotopic (exact) mass is 347 g/mol. The van der Waals surface area contributed by atoms with Gasteiger partial charge in [0.05, 0.1) is 0 Å². The van der Waals surface area contributed by atoms with E-state index >= 15 is 0 Å². The average Bonchev–Trinajstić information content (AvgIpc) is 2.58. The van der Waals surface area contributed by atoms with Gasteiger partial charge in [-0.05, 0) is 36.6 Å². The van der Waals surface area contributed by atoms with E-state index in [1.54, 1.807) is 11.0 Å². The van der Waals surface area contributed by atoms with E-state index in [4.69, 9.17) is 4.74 Å². The molecular formula is C17H18NO5P. The van der Waals surface area contributed by atoms with Crippen molar-refractivity contribution in [2.45, 2.75) is 12.8 Å². The lowest BCUT2D eigenvalue weighted by atomic mass is 10.0. The molecule has 3 rings (SSSR count). The quantitative estimate of drug-likeness (QED) is 0.824. The lowest BCUT2D eigenvalue weighted by molar-refractivity contribution is -0.120. The Bertz CT molecular complexity index is 801. The van der Waals surface area contributed by atoms with Crippen LogP contribution in [0.1, 0.15) is 12.0 Å². The van der Waals surface area contributed by atoms with Gasteiger partial charge in [-0.1, -0.05) is 30.3 Å². The molecule has 2 aromatic rings. The molecule has 0 spiro atoms. The number of hydrogen-bond donors (Lipinski definition) is 2. The summed E-state index contributed by atoms with van der Waals surface area (Å²) in [6.07, 6.45) is 1.81. The zero-order valence-corrected chi connectivity index (χ0v) is 13.9. The standard InChI is InChI=1S/C17H18NO5P/c19-17(18-11-5-7-13-6-1-2-8-14(13)18)12-23-15-9-3-4-10-16(15)24(20,21)22/h1-4,6,8-10H,5,7,11-12H2,(H2,20,21,22). The highest BCUT2D eigenvalue weighted by molar-refractivity contribution is 7.60. The number of para-hydroxylation sites is 2. The van der Waals surface area contributed by atoms with Crippen molar-refractivity contribution in [1.82, 2.24) is 0 Å². The smallest absolute Gasteiger partial charge is 0.359 e. The molecule has 1 heterocycles. The second-order valence-electron chi connectivity index (χ2n) is 5.58. The predicted molar refractivity (Wildman–Crippen MR) is 90.7 cm³/mol. The lowest BCUT2D eigenvalue weighted by Gasteiger charge is -2.29. The minimum atomic E-state index is -4.45. The third-order valence-corrected chi connectivity index (χ3v) is 4.94. The number of carbonyl (C=O) groups is 1. The molecule has 0 aliphatic carbocycles. The van der Waals surface area contributed by atoms with Crippen LogP contribution in [0.2, 0.25) is 0 Å². The highest BCUT2D eigenvalue weighted by Crippen LogP contribution is 2.37. The summed E-state index contributed by atoms with van der Waals surface area (Å²) in [6, 6.07) is 13.6. The van der Waals surface area contributed by atoms with Crippen LogP contribution >= 0.6 is 7.60 Å². The molecule has 1 aliphatic rings. The van der Waals surface area contributed by atoms with Crippen LogP contribution in [-0.4, -0.2) is 28.8 Å². The second kappa shape index (κ2) is 6.77. The Morgan fingerprint density at radius 3 is 2.62 bits per heavy atom. The van der Waals surface area contributed by atoms with Crippen molar-refractivity contribution in [3.63, 3.8) is 0 Å². The molecule has 7 heteroatoms. The Balaban J connectivity index is 1.75. The number of hydrogen-bond acceptors (Lipinski definition) is 3. The van der Waals surface area contributed by atoms with E-state index in [0.717, 1.165) is 24.1 Å². The molecule has 1 amide bonds. The van der Waals surface area contributed by atoms with Crippen molar-refractivity contribution in [3.05, 3.63) is 54.1 Å². The minimum absolute atomic E-state index is 0.0319. The molecule has 0 fully saturated rings. The van der Waals surface area contributed by atoms with E-state index in [9.17, 15) is 19.1 Å². The fourth-order valence-corrected chi connectivity index (χ4v) is 3.54. The number of amides is 1. The summed E-state index contributed by atoms with van der Waals surface area (Å²) in [4.78, 5) is 32.9. The summed E-state index contributed by atoms with van der Waals surface area (Å²) in [7, 11) is -4.45. The number of ether oxygens (including phenoxy) is 1. The number of anilines is 1. The van der Waals surface area contributed by atoms with E-state index < -0.39 is 7.60 Å². The van der Waals surface area contributed by atoms with Gasteiger partial charge < -0.3 is 19.4 Å². The first-order valence-electron chi connectivity index (χ1n) is 7.63. The van der Waals surface area contributed by atoms with Crippen LogP contribution in [0.15, 0.2) is 48.5 Å². The summed E-state index contributed by atoms with van der Waals surface area (Å²) < 4.78 is 16.9. The number of rotatable bonds is 4. The number of aryl methyl sites for hydroxylation is 1. The minimum Gasteiger partial charge on any atom is -0.483 e. The van der Waals surface area contributed by atoms with Crippen LogP contribution in [-0.2, 0) is 15.8 Å². The second-order valence-corrected chi connectivity index (χ2v) is 7.15. The van der Waals surface area contributed by atoms with Gasteiger partial charge in [-0.25, -0.2) is 0 Å². The fraction of sp³-hybridized carbons (Fsp3) is 0.235. The highest BCUT2D eigenvalue weighted by Gasteiger charge is 2.25. The SMILES string of the molecule is O=C(COc1ccccc1P(=O)(O)O)N1CCCc2ccccc21. The largest absolute Gasteiger partial charge is 0.483 e. The van der Waals surface area contributed by atoms with Crippen molar-refractivity contribution in [1.29, 1.82) is 0 Å². The van der Waals surface area contributed by atoms with Gasteiger partial charge in [0.25, 0.3) is 5.91 Å². The third kappa shape index (κ3) is 3.51. The van der Waals surface area contributed by atoms with Gasteiger partial charge >= 0.3 is 7.60 Å². The molecule has 0 aromatic heterocycles. The summed E-state index contributed by atoms with van der Waals surface area (Å²) >= 11 is 0. The van der Waals surface area contributed by atoms with Crippen molar-refractivity contribution >= 4 is 24.5 Å². The molecule has 0 saturated carbocycles. The highest BCUT2D eigenvalue weighted by atomic mass is 31.2. The van der Waals surface area contributed by atoms with Gasteiger partial charge in [-0.15, -0.1) is 0 Å². The molecular weight excluding hydrogens is 329 g/mol. The summed E-state index contributed by atoms with van der Waals surface area (Å²) in [5, 5.41) is -0.211. The molecule has 0 atom stereocenters. The maximum absolute atomic E-state index is 12.5. The Morgan fingerprint density at radius 2 is 1.83 bits per heavy atom. The van der Waals surface area contributed by atoms with E-state index in [1.165, 1.54) is 18.2 Å². The van der Waals surface area contributed by atoms with E-state index in [2.05, 4.69) is 0 Å². The van der Waals surface area contributed by atoms with E-state index in [0.29, 0.717) is 6.54 Å². The molecule has 0 saturated heterocycles. The molecule has 126 valence electrons. The molecule has 24 heavy (non-hydrogen) atoms. The molecule has 6 nitrogen and oxygen atoms in total. The number of benzene rings is 2. The molecule has 2 aromatic carbocycles. The van der Waals surface area contributed by atoms with Crippen LogP contribution < -0.4 is 14.9 Å². The first-order chi connectivity index (χ1) is 11.5. The van der Waals surface area contributed by atoms with Crippen molar-refractivity contribution in [2.24, 2.45) is 0 Å². The van der Waals surface area contributed by atoms with Gasteiger partial charge in [0.1, 0.15) is 11.1 Å². The van der Waals surface area contributed by atoms with Gasteiger partial charge in [0.15, 0.2) is 6.61 Å². The number of carbonyl (C=O) groups excluding carboxylic acids is 1. The lowest BCUT2D eigenvalue weighted by Crippen LogP contribution is -2.38. The first-order valence-corrected chi connectivity index (χ1v) is 9.24. The molecule has 1 aliphatic heterocycles. The summed E-state index contributed by atoms with van der Waals surface area (Å²) in [6.45, 7) is 0.338. The molecule has 0 bridgehead atoms. The number of nitrogens with zero attached hydrogens (tertiary/aromatic N) is 1. The Labute approximate surface area is 139 Å². The molecule has 0 radical (unpaired) electrons. The first kappa shape index (κ1) is 16.7. The summed E-state index contributed by atoms with van der Waals surface area (Å²) in [5.74, 6) is -0.202. The van der Waals surface area contributed by atoms with Crippen LogP contribution in [0.3, 0.4) is 0 Å². The van der Waals surface area contributed by atoms with Crippen molar-refractivity contribution < 1.29 is 23.9 Å². The van der Waals surface area contributed by atoms with E-state index in [-0.39, 0.29) is 23.6 Å². The van der Waals surface area contributed by atoms with Crippen LogP contribution in [0.5, 0.6) is 5.75 Å². The Morgan fingerprint density at radius 1 is 1.12 bits per heavy atom. The van der Waals surface area contributed by atoms with E-state index in [1.807, 2.05) is 24.3 Å². The normalized spacial score (nSPS) is 14.2. The molecule has 0 unspecified atom stereocenters. The maximum atomic E-state index is 12.5. The third-order valence-electron chi connectivity index (χ3n) is 3.94. The maximum Gasteiger partial charge on any atom is 0.359 e. The van der Waals surface area contributed by atoms with Crippen LogP contribution in [0.4, 0.5) is 5.69 Å². The van der Waals surface area contributed by atoms with Gasteiger partial charge in [-0.2, -0.15) is 0 Å². The zero-order valence-electron chi connectivity index (χ0n) is 13.0. The van der Waals surface area contributed by atoms with Crippen molar-refractivity contribution in [3.8, 4) is 5.75 Å².